The smallest absolute Gasteiger partial charge is 0.240 e. The fourth-order valence-electron chi connectivity index (χ4n) is 5.39. The van der Waals surface area contributed by atoms with Crippen LogP contribution in [0.2, 0.25) is 0 Å². The second-order valence-electron chi connectivity index (χ2n) is 10.2. The van der Waals surface area contributed by atoms with Crippen molar-refractivity contribution < 1.29 is 14.4 Å². The number of amides is 3. The zero-order chi connectivity index (χ0) is 25.2. The summed E-state index contributed by atoms with van der Waals surface area (Å²) in [5, 5.41) is 0. The van der Waals surface area contributed by atoms with Gasteiger partial charge < -0.3 is 9.80 Å². The number of imide groups is 1. The molecule has 2 saturated heterocycles. The molecule has 0 aromatic heterocycles. The van der Waals surface area contributed by atoms with Gasteiger partial charge in [0.05, 0.1) is 11.5 Å². The van der Waals surface area contributed by atoms with Gasteiger partial charge in [-0.25, -0.2) is 0 Å². The third-order valence-corrected chi connectivity index (χ3v) is 7.48. The van der Waals surface area contributed by atoms with Crippen molar-refractivity contribution in [1.82, 2.24) is 19.6 Å². The third kappa shape index (κ3) is 5.02. The van der Waals surface area contributed by atoms with E-state index in [0.717, 1.165) is 17.7 Å². The fourth-order valence-corrected chi connectivity index (χ4v) is 5.39. The van der Waals surface area contributed by atoms with Crippen LogP contribution in [0.5, 0.6) is 0 Å². The summed E-state index contributed by atoms with van der Waals surface area (Å²) >= 11 is 0. The van der Waals surface area contributed by atoms with E-state index in [1.54, 1.807) is 0 Å². The van der Waals surface area contributed by atoms with Crippen molar-refractivity contribution in [3.63, 3.8) is 0 Å². The van der Waals surface area contributed by atoms with Crippen LogP contribution in [0.4, 0.5) is 0 Å². The molecule has 4 rings (SSSR count). The summed E-state index contributed by atoms with van der Waals surface area (Å²) in [6.07, 6.45) is 0.0395. The maximum absolute atomic E-state index is 13.9. The maximum atomic E-state index is 13.9. The first-order chi connectivity index (χ1) is 16.7. The van der Waals surface area contributed by atoms with Crippen molar-refractivity contribution in [3.05, 3.63) is 71.3 Å². The van der Waals surface area contributed by atoms with Crippen molar-refractivity contribution in [2.75, 3.05) is 53.9 Å². The van der Waals surface area contributed by atoms with Crippen molar-refractivity contribution in [2.24, 2.45) is 0 Å². The lowest BCUT2D eigenvalue weighted by molar-refractivity contribution is -0.143. The number of carbonyl (C=O) groups is 3. The van der Waals surface area contributed by atoms with Crippen LogP contribution in [0.3, 0.4) is 0 Å². The minimum absolute atomic E-state index is 0.00607. The summed E-state index contributed by atoms with van der Waals surface area (Å²) in [7, 11) is 5.91. The summed E-state index contributed by atoms with van der Waals surface area (Å²) in [4.78, 5) is 48.2. The highest BCUT2D eigenvalue weighted by Crippen LogP contribution is 2.42. The molecule has 3 amide bonds. The maximum Gasteiger partial charge on any atom is 0.240 e. The second-order valence-corrected chi connectivity index (χ2v) is 10.2. The molecule has 7 heteroatoms. The van der Waals surface area contributed by atoms with Crippen LogP contribution in [-0.4, -0.2) is 91.2 Å². The molecule has 2 aromatic carbocycles. The van der Waals surface area contributed by atoms with Gasteiger partial charge >= 0.3 is 0 Å². The van der Waals surface area contributed by atoms with Crippen molar-refractivity contribution in [3.8, 4) is 0 Å². The number of likely N-dealkylation sites (tertiary alicyclic amines) is 1. The van der Waals surface area contributed by atoms with E-state index in [1.807, 2.05) is 73.3 Å². The molecule has 2 heterocycles. The highest BCUT2D eigenvalue weighted by atomic mass is 16.2. The van der Waals surface area contributed by atoms with E-state index in [-0.39, 0.29) is 36.6 Å². The average molecular weight is 477 g/mol. The topological polar surface area (TPSA) is 64.2 Å². The molecule has 0 unspecified atom stereocenters. The molecule has 0 saturated carbocycles. The highest BCUT2D eigenvalue weighted by Gasteiger charge is 2.54. The molecule has 0 radical (unpaired) electrons. The normalized spacial score (nSPS) is 23.4. The summed E-state index contributed by atoms with van der Waals surface area (Å²) in [6, 6.07) is 18.0. The number of aryl methyl sites for hydroxylation is 1. The first-order valence-electron chi connectivity index (χ1n) is 12.3. The number of piperazine rings is 1. The first kappa shape index (κ1) is 25.1. The Morgan fingerprint density at radius 3 is 2.40 bits per heavy atom. The minimum atomic E-state index is -1.16. The lowest BCUT2D eigenvalue weighted by Crippen LogP contribution is -2.51. The van der Waals surface area contributed by atoms with Gasteiger partial charge in [-0.2, -0.15) is 0 Å². The molecule has 35 heavy (non-hydrogen) atoms. The van der Waals surface area contributed by atoms with Gasteiger partial charge in [-0.3, -0.25) is 24.2 Å². The van der Waals surface area contributed by atoms with Crippen LogP contribution in [-0.2, 0) is 19.8 Å². The number of hydrogen-bond acceptors (Lipinski definition) is 5. The van der Waals surface area contributed by atoms with E-state index in [2.05, 4.69) is 24.1 Å². The predicted molar refractivity (Wildman–Crippen MR) is 136 cm³/mol. The summed E-state index contributed by atoms with van der Waals surface area (Å²) < 4.78 is 0. The quantitative estimate of drug-likeness (QED) is 0.575. The lowest BCUT2D eigenvalue weighted by Gasteiger charge is -2.41. The van der Waals surface area contributed by atoms with Crippen LogP contribution in [0.1, 0.15) is 35.6 Å². The molecule has 2 aromatic rings. The Balaban J connectivity index is 1.62. The molecular formula is C28H36N4O3. The number of benzene rings is 2. The lowest BCUT2D eigenvalue weighted by atomic mass is 9.73. The molecule has 2 aliphatic rings. The van der Waals surface area contributed by atoms with Crippen LogP contribution in [0, 0.1) is 6.92 Å². The van der Waals surface area contributed by atoms with E-state index in [4.69, 9.17) is 0 Å². The van der Waals surface area contributed by atoms with Gasteiger partial charge in [0.15, 0.2) is 0 Å². The van der Waals surface area contributed by atoms with Crippen LogP contribution < -0.4 is 0 Å². The monoisotopic (exact) mass is 476 g/mol. The molecular weight excluding hydrogens is 440 g/mol. The van der Waals surface area contributed by atoms with Gasteiger partial charge in [-0.1, -0.05) is 54.6 Å². The molecule has 186 valence electrons. The van der Waals surface area contributed by atoms with Crippen molar-refractivity contribution in [2.45, 2.75) is 31.2 Å². The zero-order valence-electron chi connectivity index (χ0n) is 21.2. The Morgan fingerprint density at radius 1 is 1.03 bits per heavy atom. The van der Waals surface area contributed by atoms with Crippen LogP contribution in [0.25, 0.3) is 0 Å². The van der Waals surface area contributed by atoms with Gasteiger partial charge in [0, 0.05) is 45.6 Å². The number of rotatable bonds is 7. The molecule has 0 spiro atoms. The van der Waals surface area contributed by atoms with Gasteiger partial charge in [0.1, 0.15) is 0 Å². The third-order valence-electron chi connectivity index (χ3n) is 7.48. The van der Waals surface area contributed by atoms with E-state index >= 15 is 0 Å². The molecule has 0 aliphatic carbocycles. The van der Waals surface area contributed by atoms with E-state index in [1.165, 1.54) is 10.5 Å². The van der Waals surface area contributed by atoms with Gasteiger partial charge in [0.2, 0.25) is 17.7 Å². The Morgan fingerprint density at radius 2 is 1.71 bits per heavy atom. The minimum Gasteiger partial charge on any atom is -0.339 e. The van der Waals surface area contributed by atoms with Gasteiger partial charge in [-0.05, 0) is 44.8 Å². The average Bonchev–Trinajstić information content (AvgIpc) is 3.08. The van der Waals surface area contributed by atoms with E-state index < -0.39 is 5.41 Å². The number of carbonyl (C=O) groups excluding carboxylic acids is 3. The summed E-state index contributed by atoms with van der Waals surface area (Å²) in [5.74, 6) is -0.521. The molecule has 7 nitrogen and oxygen atoms in total. The Kier molecular flexibility index (Phi) is 7.38. The number of hydrogen-bond donors (Lipinski definition) is 0. The number of nitrogens with zero attached hydrogens (tertiary/aromatic N) is 4. The summed E-state index contributed by atoms with van der Waals surface area (Å²) in [6.45, 7) is 4.79. The Bertz CT molecular complexity index is 1090. The molecule has 2 aliphatic heterocycles. The van der Waals surface area contributed by atoms with Crippen molar-refractivity contribution in [1.29, 1.82) is 0 Å². The van der Waals surface area contributed by atoms with Gasteiger partial charge in [-0.15, -0.1) is 0 Å². The molecule has 0 N–H and O–H groups in total. The second kappa shape index (κ2) is 10.3. The molecule has 0 bridgehead atoms. The van der Waals surface area contributed by atoms with E-state index in [0.29, 0.717) is 26.2 Å². The first-order valence-corrected chi connectivity index (χ1v) is 12.3. The molecule has 2 atom stereocenters. The van der Waals surface area contributed by atoms with Crippen LogP contribution in [0.15, 0.2) is 54.6 Å². The highest BCUT2D eigenvalue weighted by molar-refractivity contribution is 6.11. The van der Waals surface area contributed by atoms with Crippen LogP contribution >= 0.6 is 0 Å². The Hall–Kier alpha value is -3.03. The fraction of sp³-hybridized carbons (Fsp3) is 0.464. The predicted octanol–water partition coefficient (Wildman–Crippen LogP) is 2.46. The zero-order valence-corrected chi connectivity index (χ0v) is 21.2. The SMILES string of the molecule is Cc1ccccc1[C@]1(CC(=O)N2CCN(C)[C@H](c3ccccc3)C2)CC(=O)N(CCN(C)C)C1=O. The Labute approximate surface area is 208 Å². The van der Waals surface area contributed by atoms with Crippen molar-refractivity contribution >= 4 is 17.7 Å². The standard InChI is InChI=1S/C28H36N4O3/c1-21-10-8-9-13-23(21)28(19-26(34)32(27(28)35)17-14-29(2)3)18-25(33)31-16-15-30(4)24(20-31)22-11-6-5-7-12-22/h5-13,24H,14-20H2,1-4H3/t24-,28-/m0/s1. The molecule has 2 fully saturated rings. The number of likely N-dealkylation sites (N-methyl/N-ethyl adjacent to an activating group) is 2. The van der Waals surface area contributed by atoms with E-state index in [9.17, 15) is 14.4 Å². The van der Waals surface area contributed by atoms with Gasteiger partial charge in [0.25, 0.3) is 0 Å². The largest absolute Gasteiger partial charge is 0.339 e. The summed E-state index contributed by atoms with van der Waals surface area (Å²) in [5.41, 5.74) is 1.73.